The van der Waals surface area contributed by atoms with Crippen molar-refractivity contribution in [2.75, 3.05) is 35.6 Å². The maximum absolute atomic E-state index is 11.4. The molecule has 0 aromatic heterocycles. The van der Waals surface area contributed by atoms with Gasteiger partial charge >= 0.3 is 0 Å². The van der Waals surface area contributed by atoms with Gasteiger partial charge in [-0.25, -0.2) is 0 Å². The van der Waals surface area contributed by atoms with Gasteiger partial charge in [0.05, 0.1) is 17.1 Å². The van der Waals surface area contributed by atoms with Crippen molar-refractivity contribution in [1.82, 2.24) is 0 Å². The summed E-state index contributed by atoms with van der Waals surface area (Å²) in [5.74, 6) is 1.22. The summed E-state index contributed by atoms with van der Waals surface area (Å²) >= 11 is 0. The second-order valence-corrected chi connectivity index (χ2v) is 5.44. The van der Waals surface area contributed by atoms with Gasteiger partial charge in [0.25, 0.3) is 5.91 Å². The molecule has 0 radical (unpaired) electrons. The monoisotopic (exact) mass is 261 g/mol. The van der Waals surface area contributed by atoms with Gasteiger partial charge in [0.15, 0.2) is 6.61 Å². The lowest BCUT2D eigenvalue weighted by Gasteiger charge is -2.34. The van der Waals surface area contributed by atoms with Crippen molar-refractivity contribution in [2.45, 2.75) is 19.8 Å². The minimum absolute atomic E-state index is 0.0620. The molecule has 19 heavy (non-hydrogen) atoms. The summed E-state index contributed by atoms with van der Waals surface area (Å²) in [4.78, 5) is 13.7. The van der Waals surface area contributed by atoms with Gasteiger partial charge in [0, 0.05) is 19.2 Å². The summed E-state index contributed by atoms with van der Waals surface area (Å²) < 4.78 is 5.37. The summed E-state index contributed by atoms with van der Waals surface area (Å²) in [6.45, 7) is 4.35. The minimum Gasteiger partial charge on any atom is -0.482 e. The summed E-state index contributed by atoms with van der Waals surface area (Å²) in [5.41, 5.74) is 8.55. The lowest BCUT2D eigenvalue weighted by atomic mass is 9.99. The molecule has 3 N–H and O–H groups in total. The number of nitrogens with two attached hydrogens (primary N) is 1. The van der Waals surface area contributed by atoms with Crippen LogP contribution >= 0.6 is 0 Å². The van der Waals surface area contributed by atoms with E-state index in [1.54, 1.807) is 0 Å². The molecule has 1 atom stereocenters. The van der Waals surface area contributed by atoms with Gasteiger partial charge in [-0.05, 0) is 24.8 Å². The number of carbonyl (C=O) groups is 1. The topological polar surface area (TPSA) is 67.6 Å². The molecule has 0 bridgehead atoms. The highest BCUT2D eigenvalue weighted by molar-refractivity contribution is 5.97. The first-order valence-corrected chi connectivity index (χ1v) is 6.74. The molecule has 1 amide bonds. The van der Waals surface area contributed by atoms with Gasteiger partial charge in [-0.2, -0.15) is 0 Å². The fourth-order valence-corrected chi connectivity index (χ4v) is 2.81. The predicted octanol–water partition coefficient (Wildman–Crippen LogP) is 1.84. The Bertz CT molecular complexity index is 516. The second kappa shape index (κ2) is 4.64. The van der Waals surface area contributed by atoms with Crippen LogP contribution in [0.15, 0.2) is 12.1 Å². The fraction of sp³-hybridized carbons (Fsp3) is 0.500. The van der Waals surface area contributed by atoms with E-state index in [1.165, 1.54) is 12.8 Å². The molecule has 1 unspecified atom stereocenters. The molecule has 2 aliphatic rings. The van der Waals surface area contributed by atoms with E-state index in [0.29, 0.717) is 17.4 Å². The number of piperidine rings is 1. The molecule has 1 fully saturated rings. The largest absolute Gasteiger partial charge is 0.482 e. The fourth-order valence-electron chi connectivity index (χ4n) is 2.81. The molecular weight excluding hydrogens is 242 g/mol. The lowest BCUT2D eigenvalue weighted by molar-refractivity contribution is -0.118. The maximum atomic E-state index is 11.4. The van der Waals surface area contributed by atoms with Crippen molar-refractivity contribution in [1.29, 1.82) is 0 Å². The number of carbonyl (C=O) groups excluding carboxylic acids is 1. The normalized spacial score (nSPS) is 22.5. The molecule has 0 saturated carbocycles. The number of hydrogen-bond donors (Lipinski definition) is 2. The van der Waals surface area contributed by atoms with Crippen molar-refractivity contribution in [3.05, 3.63) is 12.1 Å². The number of anilines is 3. The number of amides is 1. The predicted molar refractivity (Wildman–Crippen MR) is 75.6 cm³/mol. The Balaban J connectivity index is 1.93. The van der Waals surface area contributed by atoms with Crippen LogP contribution in [0.3, 0.4) is 0 Å². The van der Waals surface area contributed by atoms with Gasteiger partial charge < -0.3 is 20.7 Å². The van der Waals surface area contributed by atoms with Crippen LogP contribution in [0.5, 0.6) is 5.75 Å². The van der Waals surface area contributed by atoms with E-state index in [9.17, 15) is 4.79 Å². The zero-order chi connectivity index (χ0) is 13.4. The highest BCUT2D eigenvalue weighted by Gasteiger charge is 2.22. The van der Waals surface area contributed by atoms with Crippen LogP contribution in [-0.4, -0.2) is 25.6 Å². The number of ether oxygens (including phenoxy) is 1. The average Bonchev–Trinajstić information content (AvgIpc) is 2.38. The number of benzene rings is 1. The van der Waals surface area contributed by atoms with Crippen LogP contribution in [0.1, 0.15) is 19.8 Å². The third-order valence-electron chi connectivity index (χ3n) is 3.76. The van der Waals surface area contributed by atoms with E-state index in [0.717, 1.165) is 24.5 Å². The highest BCUT2D eigenvalue weighted by atomic mass is 16.5. The number of hydrogen-bond acceptors (Lipinski definition) is 4. The zero-order valence-electron chi connectivity index (χ0n) is 11.1. The SMILES string of the molecule is CC1CCCN(c2cc3c(cc2N)OCC(=O)N3)C1. The van der Waals surface area contributed by atoms with Crippen molar-refractivity contribution in [3.8, 4) is 5.75 Å². The second-order valence-electron chi connectivity index (χ2n) is 5.44. The Hall–Kier alpha value is -1.91. The first-order chi connectivity index (χ1) is 9.13. The van der Waals surface area contributed by atoms with E-state index in [4.69, 9.17) is 10.5 Å². The van der Waals surface area contributed by atoms with E-state index in [1.807, 2.05) is 12.1 Å². The van der Waals surface area contributed by atoms with Crippen LogP contribution in [0.4, 0.5) is 17.1 Å². The van der Waals surface area contributed by atoms with Gasteiger partial charge in [0.2, 0.25) is 0 Å². The third-order valence-corrected chi connectivity index (χ3v) is 3.76. The summed E-state index contributed by atoms with van der Waals surface area (Å²) in [7, 11) is 0. The molecule has 3 rings (SSSR count). The summed E-state index contributed by atoms with van der Waals surface area (Å²) in [5, 5.41) is 2.83. The Morgan fingerprint density at radius 3 is 3.11 bits per heavy atom. The molecule has 2 heterocycles. The number of fused-ring (bicyclic) bond motifs is 1. The first kappa shape index (κ1) is 12.1. The first-order valence-electron chi connectivity index (χ1n) is 6.74. The van der Waals surface area contributed by atoms with Crippen LogP contribution < -0.4 is 20.7 Å². The van der Waals surface area contributed by atoms with Crippen LogP contribution in [0.2, 0.25) is 0 Å². The van der Waals surface area contributed by atoms with Gasteiger partial charge in [-0.1, -0.05) is 6.92 Å². The highest BCUT2D eigenvalue weighted by Crippen LogP contribution is 2.38. The van der Waals surface area contributed by atoms with Gasteiger partial charge in [0.1, 0.15) is 5.75 Å². The van der Waals surface area contributed by atoms with Crippen LogP contribution in [-0.2, 0) is 4.79 Å². The Morgan fingerprint density at radius 1 is 1.47 bits per heavy atom. The molecule has 5 nitrogen and oxygen atoms in total. The number of nitrogens with one attached hydrogen (secondary N) is 1. The quantitative estimate of drug-likeness (QED) is 0.757. The van der Waals surface area contributed by atoms with Crippen LogP contribution in [0.25, 0.3) is 0 Å². The Labute approximate surface area is 112 Å². The summed E-state index contributed by atoms with van der Waals surface area (Å²) in [6, 6.07) is 3.74. The van der Waals surface area contributed by atoms with Gasteiger partial charge in [-0.3, -0.25) is 4.79 Å². The zero-order valence-corrected chi connectivity index (χ0v) is 11.1. The standard InChI is InChI=1S/C14H19N3O2/c1-9-3-2-4-17(7-9)12-6-11-13(5-10(12)15)19-8-14(18)16-11/h5-6,9H,2-4,7-8,15H2,1H3,(H,16,18). The number of rotatable bonds is 1. The molecule has 2 aliphatic heterocycles. The van der Waals surface area contributed by atoms with Crippen molar-refractivity contribution in [2.24, 2.45) is 5.92 Å². The molecule has 0 aliphatic carbocycles. The molecule has 1 aromatic carbocycles. The third kappa shape index (κ3) is 2.32. The summed E-state index contributed by atoms with van der Waals surface area (Å²) in [6.07, 6.45) is 2.45. The van der Waals surface area contributed by atoms with E-state index in [-0.39, 0.29) is 12.5 Å². The molecule has 0 spiro atoms. The maximum Gasteiger partial charge on any atom is 0.262 e. The smallest absolute Gasteiger partial charge is 0.262 e. The Morgan fingerprint density at radius 2 is 2.32 bits per heavy atom. The van der Waals surface area contributed by atoms with Crippen molar-refractivity contribution >= 4 is 23.0 Å². The van der Waals surface area contributed by atoms with Gasteiger partial charge in [-0.15, -0.1) is 0 Å². The molecule has 1 aromatic rings. The van der Waals surface area contributed by atoms with E-state index < -0.39 is 0 Å². The Kier molecular flexibility index (Phi) is 2.97. The van der Waals surface area contributed by atoms with Crippen LogP contribution in [0, 0.1) is 5.92 Å². The van der Waals surface area contributed by atoms with E-state index >= 15 is 0 Å². The molecule has 1 saturated heterocycles. The average molecular weight is 261 g/mol. The van der Waals surface area contributed by atoms with Crippen molar-refractivity contribution < 1.29 is 9.53 Å². The van der Waals surface area contributed by atoms with E-state index in [2.05, 4.69) is 17.1 Å². The number of nitrogens with zero attached hydrogens (tertiary/aromatic N) is 1. The molecular formula is C14H19N3O2. The van der Waals surface area contributed by atoms with Crippen molar-refractivity contribution in [3.63, 3.8) is 0 Å². The molecule has 5 heteroatoms. The minimum atomic E-state index is -0.116. The molecule has 102 valence electrons. The number of nitrogen functional groups attached to an aromatic ring is 1. The lowest BCUT2D eigenvalue weighted by Crippen LogP contribution is -2.35.